The molecule has 2 aliphatic heterocycles. The number of allylic oxidation sites excluding steroid dienone is 1. The predicted molar refractivity (Wildman–Crippen MR) is 161 cm³/mol. The van der Waals surface area contributed by atoms with Crippen LogP contribution in [-0.2, 0) is 4.79 Å². The van der Waals surface area contributed by atoms with E-state index in [9.17, 15) is 4.79 Å². The van der Waals surface area contributed by atoms with Crippen molar-refractivity contribution >= 4 is 45.9 Å². The van der Waals surface area contributed by atoms with Gasteiger partial charge in [-0.1, -0.05) is 25.1 Å². The molecule has 1 amide bonds. The number of fused-ring (bicyclic) bond motifs is 1. The van der Waals surface area contributed by atoms with Crippen LogP contribution in [0.5, 0.6) is 0 Å². The van der Waals surface area contributed by atoms with Crippen LogP contribution in [0.2, 0.25) is 0 Å². The van der Waals surface area contributed by atoms with Crippen LogP contribution in [0.25, 0.3) is 5.57 Å². The Labute approximate surface area is 230 Å². The number of nitrogens with one attached hydrogen (secondary N) is 2. The lowest BCUT2D eigenvalue weighted by Crippen LogP contribution is -2.42. The maximum atomic E-state index is 12.0. The van der Waals surface area contributed by atoms with Crippen molar-refractivity contribution in [1.82, 2.24) is 10.3 Å². The first kappa shape index (κ1) is 25.9. The van der Waals surface area contributed by atoms with Gasteiger partial charge in [0.15, 0.2) is 5.11 Å². The Kier molecular flexibility index (Phi) is 6.73. The lowest BCUT2D eigenvalue weighted by atomic mass is 9.86. The maximum absolute atomic E-state index is 12.0. The third kappa shape index (κ3) is 4.56. The Morgan fingerprint density at radius 2 is 1.92 bits per heavy atom. The molecule has 2 aromatic carbocycles. The second-order valence-corrected chi connectivity index (χ2v) is 11.1. The van der Waals surface area contributed by atoms with E-state index in [-0.39, 0.29) is 23.5 Å². The SMILES string of the molecule is CCC(=O)Nc1ccc(N2C(=S)N[C@H](c3ccccn3)[C@@H]2c2ccc3c(c2)C(C)=CC(C)(C)N3C)cc1C. The van der Waals surface area contributed by atoms with E-state index in [1.165, 1.54) is 16.8 Å². The fourth-order valence-electron chi connectivity index (χ4n) is 5.51. The third-order valence-electron chi connectivity index (χ3n) is 7.76. The van der Waals surface area contributed by atoms with Gasteiger partial charge in [0, 0.05) is 42.3 Å². The first-order chi connectivity index (χ1) is 18.1. The third-order valence-corrected chi connectivity index (χ3v) is 8.08. The van der Waals surface area contributed by atoms with Crippen LogP contribution >= 0.6 is 12.2 Å². The predicted octanol–water partition coefficient (Wildman–Crippen LogP) is 6.55. The van der Waals surface area contributed by atoms with Crippen molar-refractivity contribution in [1.29, 1.82) is 0 Å². The minimum atomic E-state index is -0.122. The number of pyridine rings is 1. The number of thiocarbonyl (C=S) groups is 1. The zero-order chi connectivity index (χ0) is 27.2. The van der Waals surface area contributed by atoms with E-state index < -0.39 is 0 Å². The number of aromatic nitrogens is 1. The van der Waals surface area contributed by atoms with Crippen molar-refractivity contribution in [3.8, 4) is 0 Å². The Hall–Kier alpha value is -3.71. The minimum absolute atomic E-state index is 0.00191. The summed E-state index contributed by atoms with van der Waals surface area (Å²) in [6, 6.07) is 18.6. The van der Waals surface area contributed by atoms with E-state index in [0.717, 1.165) is 28.2 Å². The van der Waals surface area contributed by atoms with Crippen molar-refractivity contribution in [3.05, 3.63) is 89.3 Å². The van der Waals surface area contributed by atoms with Gasteiger partial charge in [-0.25, -0.2) is 0 Å². The Balaban J connectivity index is 1.61. The van der Waals surface area contributed by atoms with Gasteiger partial charge in [-0.15, -0.1) is 0 Å². The number of carbonyl (C=O) groups excluding carboxylic acids is 1. The van der Waals surface area contributed by atoms with Gasteiger partial charge < -0.3 is 20.4 Å². The molecule has 0 saturated carbocycles. The van der Waals surface area contributed by atoms with Gasteiger partial charge in [-0.2, -0.15) is 0 Å². The topological polar surface area (TPSA) is 60.5 Å². The highest BCUT2D eigenvalue weighted by Gasteiger charge is 2.41. The number of nitrogens with zero attached hydrogens (tertiary/aromatic N) is 3. The molecule has 2 atom stereocenters. The summed E-state index contributed by atoms with van der Waals surface area (Å²) in [6.45, 7) is 10.5. The highest BCUT2D eigenvalue weighted by atomic mass is 32.1. The molecule has 0 bridgehead atoms. The molecule has 7 heteroatoms. The largest absolute Gasteiger partial charge is 0.366 e. The molecule has 5 rings (SSSR count). The maximum Gasteiger partial charge on any atom is 0.224 e. The lowest BCUT2D eigenvalue weighted by Gasteiger charge is -2.41. The Morgan fingerprint density at radius 3 is 2.61 bits per heavy atom. The van der Waals surface area contributed by atoms with Crippen LogP contribution in [0, 0.1) is 6.92 Å². The van der Waals surface area contributed by atoms with Gasteiger partial charge >= 0.3 is 0 Å². The summed E-state index contributed by atoms with van der Waals surface area (Å²) in [7, 11) is 2.15. The molecule has 2 N–H and O–H groups in total. The molecule has 1 fully saturated rings. The van der Waals surface area contributed by atoms with E-state index >= 15 is 0 Å². The van der Waals surface area contributed by atoms with Gasteiger partial charge in [0.25, 0.3) is 0 Å². The van der Waals surface area contributed by atoms with Gasteiger partial charge in [-0.3, -0.25) is 9.78 Å². The molecule has 0 unspecified atom stereocenters. The zero-order valence-corrected chi connectivity index (χ0v) is 23.7. The zero-order valence-electron chi connectivity index (χ0n) is 22.9. The van der Waals surface area contributed by atoms with E-state index in [0.29, 0.717) is 11.5 Å². The normalized spacial score (nSPS) is 20.1. The van der Waals surface area contributed by atoms with Crippen molar-refractivity contribution in [2.24, 2.45) is 0 Å². The molecule has 0 spiro atoms. The number of hydrogen-bond donors (Lipinski definition) is 2. The molecule has 1 saturated heterocycles. The van der Waals surface area contributed by atoms with E-state index in [2.05, 4.69) is 78.6 Å². The second kappa shape index (κ2) is 9.87. The highest BCUT2D eigenvalue weighted by molar-refractivity contribution is 7.80. The van der Waals surface area contributed by atoms with Crippen LogP contribution < -0.4 is 20.4 Å². The average Bonchev–Trinajstić information content (AvgIpc) is 3.25. The minimum Gasteiger partial charge on any atom is -0.366 e. The van der Waals surface area contributed by atoms with Gasteiger partial charge in [0.2, 0.25) is 5.91 Å². The molecule has 38 heavy (non-hydrogen) atoms. The summed E-state index contributed by atoms with van der Waals surface area (Å²) in [5, 5.41) is 7.20. The van der Waals surface area contributed by atoms with Gasteiger partial charge in [0.05, 0.1) is 23.3 Å². The fraction of sp³-hybridized carbons (Fsp3) is 0.323. The van der Waals surface area contributed by atoms with E-state index in [1.54, 1.807) is 0 Å². The Morgan fingerprint density at radius 1 is 1.13 bits per heavy atom. The Bertz CT molecular complexity index is 1430. The molecule has 2 aliphatic rings. The van der Waals surface area contributed by atoms with Crippen molar-refractivity contribution < 1.29 is 4.79 Å². The molecular formula is C31H35N5OS. The molecule has 3 heterocycles. The van der Waals surface area contributed by atoms with Gasteiger partial charge in [0.1, 0.15) is 0 Å². The number of benzene rings is 2. The summed E-state index contributed by atoms with van der Waals surface area (Å²) >= 11 is 5.93. The van der Waals surface area contributed by atoms with E-state index in [1.807, 2.05) is 50.4 Å². The molecule has 0 radical (unpaired) electrons. The van der Waals surface area contributed by atoms with Crippen molar-refractivity contribution in [2.75, 3.05) is 22.2 Å². The van der Waals surface area contributed by atoms with Gasteiger partial charge in [-0.05, 0) is 99.1 Å². The van der Waals surface area contributed by atoms with Crippen LogP contribution in [0.1, 0.15) is 68.6 Å². The van der Waals surface area contributed by atoms with Crippen LogP contribution in [0.15, 0.2) is 66.9 Å². The second-order valence-electron chi connectivity index (χ2n) is 10.7. The first-order valence-corrected chi connectivity index (χ1v) is 13.5. The van der Waals surface area contributed by atoms with Crippen LogP contribution in [0.3, 0.4) is 0 Å². The van der Waals surface area contributed by atoms with E-state index in [4.69, 9.17) is 17.2 Å². The highest BCUT2D eigenvalue weighted by Crippen LogP contribution is 2.45. The summed E-state index contributed by atoms with van der Waals surface area (Å²) in [5.74, 6) is -0.00191. The summed E-state index contributed by atoms with van der Waals surface area (Å²) < 4.78 is 0. The summed E-state index contributed by atoms with van der Waals surface area (Å²) in [6.07, 6.45) is 4.59. The van der Waals surface area contributed by atoms with Crippen molar-refractivity contribution in [3.63, 3.8) is 0 Å². The number of aryl methyl sites for hydroxylation is 1. The molecule has 0 aliphatic carbocycles. The number of likely N-dealkylation sites (N-methyl/N-ethyl adjacent to an activating group) is 1. The molecule has 196 valence electrons. The number of anilines is 3. The average molecular weight is 526 g/mol. The molecular weight excluding hydrogens is 490 g/mol. The molecule has 1 aromatic heterocycles. The van der Waals surface area contributed by atoms with Crippen LogP contribution in [-0.4, -0.2) is 28.6 Å². The lowest BCUT2D eigenvalue weighted by molar-refractivity contribution is -0.115. The smallest absolute Gasteiger partial charge is 0.224 e. The number of carbonyl (C=O) groups is 1. The summed E-state index contributed by atoms with van der Waals surface area (Å²) in [4.78, 5) is 21.2. The summed E-state index contributed by atoms with van der Waals surface area (Å²) in [5.41, 5.74) is 8.55. The standard InChI is InChI=1S/C31H35N5OS/c1-7-27(37)33-24-13-12-22(16-19(24)2)36-29(28(34-30(36)38)25-10-8-9-15-32-25)21-11-14-26-23(17-21)20(3)18-31(4,5)35(26)6/h8-18,28-29H,7H2,1-6H3,(H,33,37)(H,34,38)/t28-,29+/m1/s1. The fourth-order valence-corrected chi connectivity index (χ4v) is 5.86. The number of amides is 1. The first-order valence-electron chi connectivity index (χ1n) is 13.1. The number of rotatable bonds is 5. The monoisotopic (exact) mass is 525 g/mol. The van der Waals surface area contributed by atoms with Crippen LogP contribution in [0.4, 0.5) is 17.1 Å². The number of hydrogen-bond acceptors (Lipinski definition) is 4. The molecule has 3 aromatic rings. The quantitative estimate of drug-likeness (QED) is 0.369. The van der Waals surface area contributed by atoms with Crippen molar-refractivity contribution in [2.45, 2.75) is 58.7 Å². The molecule has 6 nitrogen and oxygen atoms in total.